The lowest BCUT2D eigenvalue weighted by atomic mass is 10.1. The number of aromatic nitrogens is 2. The van der Waals surface area contributed by atoms with Crippen molar-refractivity contribution in [1.82, 2.24) is 14.9 Å². The minimum absolute atomic E-state index is 0.941. The summed E-state index contributed by atoms with van der Waals surface area (Å²) in [7, 11) is 0. The van der Waals surface area contributed by atoms with Crippen LogP contribution in [0.1, 0.15) is 39.4 Å². The lowest BCUT2D eigenvalue weighted by molar-refractivity contribution is 0.675. The zero-order chi connectivity index (χ0) is 15.1. The second-order valence-corrected chi connectivity index (χ2v) is 5.53. The van der Waals surface area contributed by atoms with E-state index in [0.29, 0.717) is 0 Å². The van der Waals surface area contributed by atoms with Gasteiger partial charge in [0.1, 0.15) is 5.82 Å². The van der Waals surface area contributed by atoms with E-state index in [2.05, 4.69) is 61.0 Å². The number of rotatable bonds is 8. The Hall–Kier alpha value is -1.61. The Labute approximate surface area is 128 Å². The van der Waals surface area contributed by atoms with E-state index in [9.17, 15) is 0 Å². The Bertz CT molecular complexity index is 596. The molecule has 1 aromatic carbocycles. The molecule has 0 aliphatic carbocycles. The third-order valence-electron chi connectivity index (χ3n) is 3.73. The highest BCUT2D eigenvalue weighted by molar-refractivity contribution is 5.75. The van der Waals surface area contributed by atoms with Crippen molar-refractivity contribution in [2.75, 3.05) is 13.1 Å². The molecule has 2 rings (SSSR count). The first-order chi connectivity index (χ1) is 10.3. The summed E-state index contributed by atoms with van der Waals surface area (Å²) in [4.78, 5) is 4.79. The molecule has 1 N–H and O–H groups in total. The van der Waals surface area contributed by atoms with Gasteiger partial charge in [0.05, 0.1) is 11.0 Å². The Kier molecular flexibility index (Phi) is 6.00. The number of allylic oxidation sites excluding steroid dienone is 1. The van der Waals surface area contributed by atoms with Gasteiger partial charge in [-0.3, -0.25) is 0 Å². The molecule has 3 heteroatoms. The molecule has 1 aromatic heterocycles. The summed E-state index contributed by atoms with van der Waals surface area (Å²) in [6, 6.07) is 8.39. The van der Waals surface area contributed by atoms with E-state index in [-0.39, 0.29) is 0 Å². The molecule has 0 saturated carbocycles. The summed E-state index contributed by atoms with van der Waals surface area (Å²) in [5.41, 5.74) is 3.75. The maximum atomic E-state index is 4.79. The van der Waals surface area contributed by atoms with Crippen LogP contribution in [0.25, 0.3) is 11.0 Å². The predicted octanol–water partition coefficient (Wildman–Crippen LogP) is 3.93. The van der Waals surface area contributed by atoms with Crippen molar-refractivity contribution in [2.45, 2.75) is 46.6 Å². The van der Waals surface area contributed by atoms with Crippen LogP contribution in [0.2, 0.25) is 0 Å². The lowest BCUT2D eigenvalue weighted by Gasteiger charge is -2.06. The average Bonchev–Trinajstić information content (AvgIpc) is 2.84. The van der Waals surface area contributed by atoms with Gasteiger partial charge in [0.25, 0.3) is 0 Å². The summed E-state index contributed by atoms with van der Waals surface area (Å²) in [6.07, 6.45) is 5.57. The standard InChI is InChI=1S/C18H27N3/c1-4-12-19-13-8-9-15(3)14-18-20-16-10-6-7-11-17(16)21(18)5-2/h6-7,9-11,19H,4-5,8,12-14H2,1-3H3. The van der Waals surface area contributed by atoms with Crippen molar-refractivity contribution in [3.05, 3.63) is 41.7 Å². The fourth-order valence-corrected chi connectivity index (χ4v) is 2.66. The van der Waals surface area contributed by atoms with Crippen molar-refractivity contribution in [3.8, 4) is 0 Å². The number of imidazole rings is 1. The molecular weight excluding hydrogens is 258 g/mol. The first kappa shape index (κ1) is 15.8. The van der Waals surface area contributed by atoms with Gasteiger partial charge in [0, 0.05) is 13.0 Å². The minimum atomic E-state index is 0.941. The maximum absolute atomic E-state index is 4.79. The first-order valence-corrected chi connectivity index (χ1v) is 8.06. The third-order valence-corrected chi connectivity index (χ3v) is 3.73. The summed E-state index contributed by atoms with van der Waals surface area (Å²) in [6.45, 7) is 9.74. The fourth-order valence-electron chi connectivity index (χ4n) is 2.66. The normalized spacial score (nSPS) is 12.2. The third kappa shape index (κ3) is 4.18. The zero-order valence-corrected chi connectivity index (χ0v) is 13.5. The Balaban J connectivity index is 2.03. The molecule has 0 fully saturated rings. The van der Waals surface area contributed by atoms with Gasteiger partial charge >= 0.3 is 0 Å². The zero-order valence-electron chi connectivity index (χ0n) is 13.5. The Morgan fingerprint density at radius 2 is 2.05 bits per heavy atom. The summed E-state index contributed by atoms with van der Waals surface area (Å²) in [5.74, 6) is 1.17. The van der Waals surface area contributed by atoms with Crippen LogP contribution in [0, 0.1) is 0 Å². The summed E-state index contributed by atoms with van der Waals surface area (Å²) in [5, 5.41) is 3.43. The van der Waals surface area contributed by atoms with Gasteiger partial charge in [0.15, 0.2) is 0 Å². The number of nitrogens with zero attached hydrogens (tertiary/aromatic N) is 2. The molecule has 0 bridgehead atoms. The van der Waals surface area contributed by atoms with Crippen molar-refractivity contribution in [2.24, 2.45) is 0 Å². The Morgan fingerprint density at radius 3 is 2.81 bits per heavy atom. The highest BCUT2D eigenvalue weighted by atomic mass is 15.1. The van der Waals surface area contributed by atoms with Crippen LogP contribution in [0.4, 0.5) is 0 Å². The molecular formula is C18H27N3. The molecule has 2 aromatic rings. The molecule has 0 atom stereocenters. The van der Waals surface area contributed by atoms with E-state index >= 15 is 0 Å². The second kappa shape index (κ2) is 7.99. The van der Waals surface area contributed by atoms with Gasteiger partial charge in [-0.25, -0.2) is 4.98 Å². The molecule has 0 spiro atoms. The fraction of sp³-hybridized carbons (Fsp3) is 0.500. The molecule has 0 saturated heterocycles. The molecule has 114 valence electrons. The average molecular weight is 285 g/mol. The molecule has 1 heterocycles. The first-order valence-electron chi connectivity index (χ1n) is 8.06. The van der Waals surface area contributed by atoms with Gasteiger partial charge in [0.2, 0.25) is 0 Å². The number of aryl methyl sites for hydroxylation is 1. The van der Waals surface area contributed by atoms with Crippen molar-refractivity contribution in [1.29, 1.82) is 0 Å². The number of nitrogens with one attached hydrogen (secondary N) is 1. The van der Waals surface area contributed by atoms with Crippen molar-refractivity contribution in [3.63, 3.8) is 0 Å². The van der Waals surface area contributed by atoms with E-state index in [4.69, 9.17) is 4.98 Å². The van der Waals surface area contributed by atoms with Crippen LogP contribution in [0.15, 0.2) is 35.9 Å². The van der Waals surface area contributed by atoms with Gasteiger partial charge < -0.3 is 9.88 Å². The largest absolute Gasteiger partial charge is 0.328 e. The van der Waals surface area contributed by atoms with Gasteiger partial charge in [-0.05, 0) is 51.9 Å². The van der Waals surface area contributed by atoms with E-state index < -0.39 is 0 Å². The Morgan fingerprint density at radius 1 is 1.24 bits per heavy atom. The number of hydrogen-bond donors (Lipinski definition) is 1. The second-order valence-electron chi connectivity index (χ2n) is 5.53. The van der Waals surface area contributed by atoms with Crippen LogP contribution in [0.3, 0.4) is 0 Å². The highest BCUT2D eigenvalue weighted by Gasteiger charge is 2.08. The maximum Gasteiger partial charge on any atom is 0.113 e. The highest BCUT2D eigenvalue weighted by Crippen LogP contribution is 2.18. The number of para-hydroxylation sites is 2. The topological polar surface area (TPSA) is 29.9 Å². The van der Waals surface area contributed by atoms with E-state index in [0.717, 1.165) is 38.0 Å². The van der Waals surface area contributed by atoms with Crippen LogP contribution >= 0.6 is 0 Å². The van der Waals surface area contributed by atoms with Crippen LogP contribution in [-0.4, -0.2) is 22.6 Å². The summed E-state index contributed by atoms with van der Waals surface area (Å²) < 4.78 is 2.32. The number of benzene rings is 1. The molecule has 0 amide bonds. The lowest BCUT2D eigenvalue weighted by Crippen LogP contribution is -2.15. The van der Waals surface area contributed by atoms with Crippen LogP contribution in [0.5, 0.6) is 0 Å². The quantitative estimate of drug-likeness (QED) is 0.588. The summed E-state index contributed by atoms with van der Waals surface area (Å²) >= 11 is 0. The molecule has 0 unspecified atom stereocenters. The monoisotopic (exact) mass is 285 g/mol. The molecule has 0 aliphatic heterocycles. The van der Waals surface area contributed by atoms with Crippen molar-refractivity contribution < 1.29 is 0 Å². The molecule has 0 aliphatic rings. The van der Waals surface area contributed by atoms with Crippen molar-refractivity contribution >= 4 is 11.0 Å². The van der Waals surface area contributed by atoms with Gasteiger partial charge in [-0.15, -0.1) is 0 Å². The van der Waals surface area contributed by atoms with E-state index in [1.807, 2.05) is 0 Å². The number of fused-ring (bicyclic) bond motifs is 1. The van der Waals surface area contributed by atoms with Gasteiger partial charge in [-0.2, -0.15) is 0 Å². The smallest absolute Gasteiger partial charge is 0.113 e. The van der Waals surface area contributed by atoms with Gasteiger partial charge in [-0.1, -0.05) is 30.7 Å². The predicted molar refractivity (Wildman–Crippen MR) is 90.6 cm³/mol. The number of hydrogen-bond acceptors (Lipinski definition) is 2. The SMILES string of the molecule is CCCNCCC=C(C)Cc1nc2ccccc2n1CC. The molecule has 0 radical (unpaired) electrons. The van der Waals surface area contributed by atoms with E-state index in [1.165, 1.54) is 23.3 Å². The minimum Gasteiger partial charge on any atom is -0.328 e. The molecule has 21 heavy (non-hydrogen) atoms. The van der Waals surface area contributed by atoms with Crippen LogP contribution < -0.4 is 5.32 Å². The molecule has 3 nitrogen and oxygen atoms in total. The van der Waals surface area contributed by atoms with E-state index in [1.54, 1.807) is 0 Å². The van der Waals surface area contributed by atoms with Crippen LogP contribution in [-0.2, 0) is 13.0 Å².